The van der Waals surface area contributed by atoms with Crippen LogP contribution in [-0.4, -0.2) is 24.7 Å². The minimum Gasteiger partial charge on any atom is -0.415 e. The number of fused-ring (bicyclic) bond motifs is 1. The maximum atomic E-state index is 6.28. The molecule has 0 saturated carbocycles. The van der Waals surface area contributed by atoms with E-state index in [0.717, 1.165) is 21.9 Å². The summed E-state index contributed by atoms with van der Waals surface area (Å²) in [5, 5.41) is 6.46. The smallest absolute Gasteiger partial charge is 0.192 e. The summed E-state index contributed by atoms with van der Waals surface area (Å²) in [4.78, 5) is 0. The van der Waals surface area contributed by atoms with Gasteiger partial charge in [0, 0.05) is 16.1 Å². The van der Waals surface area contributed by atoms with E-state index >= 15 is 0 Å². The van der Waals surface area contributed by atoms with Crippen LogP contribution in [0.5, 0.6) is 0 Å². The topological polar surface area (TPSA) is 27.1 Å². The molecule has 1 aromatic heterocycles. The first kappa shape index (κ1) is 17.0. The van der Waals surface area contributed by atoms with Crippen molar-refractivity contribution in [3.63, 3.8) is 0 Å². The lowest BCUT2D eigenvalue weighted by molar-refractivity contribution is 0.266. The zero-order valence-electron chi connectivity index (χ0n) is 13.2. The van der Waals surface area contributed by atoms with Gasteiger partial charge in [-0.15, -0.1) is 0 Å². The lowest BCUT2D eigenvalue weighted by Crippen LogP contribution is -2.41. The SMILES string of the molecule is CC(C)(C)[Si](C)(C)OCCn1cc2c(Cl)c(Br)ccc2n1. The number of rotatable bonds is 4. The molecule has 0 aliphatic rings. The molecule has 21 heavy (non-hydrogen) atoms. The highest BCUT2D eigenvalue weighted by atomic mass is 79.9. The Morgan fingerprint density at radius 1 is 1.33 bits per heavy atom. The average Bonchev–Trinajstić information content (AvgIpc) is 2.76. The molecule has 2 rings (SSSR count). The molecule has 0 fully saturated rings. The first-order valence-corrected chi connectivity index (χ1v) is 11.1. The summed E-state index contributed by atoms with van der Waals surface area (Å²) in [6, 6.07) is 3.89. The van der Waals surface area contributed by atoms with E-state index in [4.69, 9.17) is 16.0 Å². The third-order valence-electron chi connectivity index (χ3n) is 4.21. The van der Waals surface area contributed by atoms with Crippen LogP contribution in [0.25, 0.3) is 10.9 Å². The lowest BCUT2D eigenvalue weighted by Gasteiger charge is -2.36. The molecule has 116 valence electrons. The maximum absolute atomic E-state index is 6.28. The van der Waals surface area contributed by atoms with Crippen LogP contribution >= 0.6 is 27.5 Å². The van der Waals surface area contributed by atoms with Crippen molar-refractivity contribution < 1.29 is 4.43 Å². The second kappa shape index (κ2) is 6.03. The van der Waals surface area contributed by atoms with Crippen LogP contribution in [0.4, 0.5) is 0 Å². The Morgan fingerprint density at radius 3 is 2.62 bits per heavy atom. The quantitative estimate of drug-likeness (QED) is 0.648. The Hall–Kier alpha value is -0.363. The summed E-state index contributed by atoms with van der Waals surface area (Å²) in [5.74, 6) is 0. The molecule has 0 atom stereocenters. The average molecular weight is 390 g/mol. The van der Waals surface area contributed by atoms with Crippen LogP contribution in [0.15, 0.2) is 22.8 Å². The van der Waals surface area contributed by atoms with Crippen LogP contribution in [0, 0.1) is 0 Å². The zero-order chi connectivity index (χ0) is 15.8. The largest absolute Gasteiger partial charge is 0.415 e. The van der Waals surface area contributed by atoms with Crippen molar-refractivity contribution in [3.05, 3.63) is 27.8 Å². The van der Waals surface area contributed by atoms with Crippen molar-refractivity contribution in [1.29, 1.82) is 0 Å². The molecule has 0 N–H and O–H groups in total. The Kier molecular flexibility index (Phi) is 4.88. The zero-order valence-corrected chi connectivity index (χ0v) is 16.5. The third kappa shape index (κ3) is 3.70. The van der Waals surface area contributed by atoms with E-state index < -0.39 is 8.32 Å². The predicted octanol–water partition coefficient (Wildman–Crippen LogP) is 5.47. The monoisotopic (exact) mass is 388 g/mol. The van der Waals surface area contributed by atoms with Gasteiger partial charge in [-0.2, -0.15) is 5.10 Å². The normalized spacial score (nSPS) is 13.1. The molecule has 0 amide bonds. The number of hydrogen-bond donors (Lipinski definition) is 0. The maximum Gasteiger partial charge on any atom is 0.192 e. The number of halogens is 2. The molecular weight excluding hydrogens is 368 g/mol. The van der Waals surface area contributed by atoms with Gasteiger partial charge in [0.1, 0.15) is 0 Å². The fraction of sp³-hybridized carbons (Fsp3) is 0.533. The van der Waals surface area contributed by atoms with Crippen molar-refractivity contribution in [2.45, 2.75) is 45.4 Å². The van der Waals surface area contributed by atoms with E-state index in [2.05, 4.69) is 54.9 Å². The van der Waals surface area contributed by atoms with Gasteiger partial charge in [-0.3, -0.25) is 4.68 Å². The molecule has 0 radical (unpaired) electrons. The molecule has 3 nitrogen and oxygen atoms in total. The fourth-order valence-corrected chi connectivity index (χ4v) is 3.40. The number of benzene rings is 1. The molecule has 0 aliphatic carbocycles. The highest BCUT2D eigenvalue weighted by Crippen LogP contribution is 2.36. The second-order valence-corrected chi connectivity index (χ2v) is 12.8. The summed E-state index contributed by atoms with van der Waals surface area (Å²) in [5.41, 5.74) is 0.913. The van der Waals surface area contributed by atoms with Gasteiger partial charge in [-0.1, -0.05) is 32.4 Å². The van der Waals surface area contributed by atoms with E-state index in [1.807, 2.05) is 23.0 Å². The molecule has 0 aliphatic heterocycles. The number of hydrogen-bond acceptors (Lipinski definition) is 2. The van der Waals surface area contributed by atoms with Gasteiger partial charge in [0.25, 0.3) is 0 Å². The highest BCUT2D eigenvalue weighted by Gasteiger charge is 2.36. The van der Waals surface area contributed by atoms with Crippen molar-refractivity contribution in [1.82, 2.24) is 9.78 Å². The molecule has 1 aromatic carbocycles. The van der Waals surface area contributed by atoms with Gasteiger partial charge in [-0.05, 0) is 46.2 Å². The minimum absolute atomic E-state index is 0.232. The summed E-state index contributed by atoms with van der Waals surface area (Å²) < 4.78 is 8.99. The standard InChI is InChI=1S/C15H22BrClN2OSi/c1-15(2,3)21(4,5)20-9-8-19-10-11-13(18-19)7-6-12(16)14(11)17/h6-7,10H,8-9H2,1-5H3. The molecular formula is C15H22BrClN2OSi. The van der Waals surface area contributed by atoms with E-state index in [9.17, 15) is 0 Å². The van der Waals surface area contributed by atoms with Gasteiger partial charge in [0.05, 0.1) is 23.7 Å². The van der Waals surface area contributed by atoms with E-state index in [1.54, 1.807) is 0 Å². The van der Waals surface area contributed by atoms with E-state index in [0.29, 0.717) is 11.6 Å². The second-order valence-electron chi connectivity index (χ2n) is 6.80. The third-order valence-corrected chi connectivity index (χ3v) is 10.0. The van der Waals surface area contributed by atoms with Gasteiger partial charge in [0.15, 0.2) is 8.32 Å². The van der Waals surface area contributed by atoms with E-state index in [1.165, 1.54) is 0 Å². The van der Waals surface area contributed by atoms with Crippen molar-refractivity contribution >= 4 is 46.8 Å². The Balaban J connectivity index is 2.07. The summed E-state index contributed by atoms with van der Waals surface area (Å²) in [7, 11) is -1.69. The van der Waals surface area contributed by atoms with Gasteiger partial charge in [-0.25, -0.2) is 0 Å². The van der Waals surface area contributed by atoms with Crippen LogP contribution in [0.2, 0.25) is 23.2 Å². The molecule has 1 heterocycles. The van der Waals surface area contributed by atoms with Crippen LogP contribution in [0.3, 0.4) is 0 Å². The predicted molar refractivity (Wildman–Crippen MR) is 95.6 cm³/mol. The summed E-state index contributed by atoms with van der Waals surface area (Å²) in [6.07, 6.45) is 1.98. The first-order valence-electron chi connectivity index (χ1n) is 7.07. The number of nitrogens with zero attached hydrogens (tertiary/aromatic N) is 2. The molecule has 0 spiro atoms. The van der Waals surface area contributed by atoms with Crippen LogP contribution in [-0.2, 0) is 11.0 Å². The molecule has 0 saturated heterocycles. The molecule has 0 unspecified atom stereocenters. The minimum atomic E-state index is -1.69. The van der Waals surface area contributed by atoms with Gasteiger partial charge < -0.3 is 4.43 Å². The Bertz CT molecular complexity index is 649. The van der Waals surface area contributed by atoms with E-state index in [-0.39, 0.29) is 5.04 Å². The summed E-state index contributed by atoms with van der Waals surface area (Å²) >= 11 is 9.72. The van der Waals surface area contributed by atoms with Crippen molar-refractivity contribution in [2.24, 2.45) is 0 Å². The van der Waals surface area contributed by atoms with Crippen LogP contribution in [0.1, 0.15) is 20.8 Å². The molecule has 2 aromatic rings. The van der Waals surface area contributed by atoms with Crippen LogP contribution < -0.4 is 0 Å². The summed E-state index contributed by atoms with van der Waals surface area (Å²) in [6.45, 7) is 12.7. The fourth-order valence-electron chi connectivity index (χ4n) is 1.81. The highest BCUT2D eigenvalue weighted by molar-refractivity contribution is 9.10. The number of aromatic nitrogens is 2. The molecule has 0 bridgehead atoms. The van der Waals surface area contributed by atoms with Gasteiger partial charge >= 0.3 is 0 Å². The first-order chi connectivity index (χ1) is 9.62. The van der Waals surface area contributed by atoms with Crippen molar-refractivity contribution in [2.75, 3.05) is 6.61 Å². The van der Waals surface area contributed by atoms with Gasteiger partial charge in [0.2, 0.25) is 0 Å². The Morgan fingerprint density at radius 2 is 2.00 bits per heavy atom. The Labute approximate surface area is 140 Å². The lowest BCUT2D eigenvalue weighted by atomic mass is 10.2. The van der Waals surface area contributed by atoms with Crippen molar-refractivity contribution in [3.8, 4) is 0 Å². The molecule has 6 heteroatoms.